The van der Waals surface area contributed by atoms with Crippen LogP contribution in [0.1, 0.15) is 28.0 Å². The number of likely N-dealkylation sites (N-methyl/N-ethyl adjacent to an activating group) is 1. The van der Waals surface area contributed by atoms with Crippen molar-refractivity contribution in [2.24, 2.45) is 0 Å². The summed E-state index contributed by atoms with van der Waals surface area (Å²) in [6, 6.07) is 0. The Morgan fingerprint density at radius 3 is 2.22 bits per heavy atom. The number of rotatable bonds is 3. The van der Waals surface area contributed by atoms with Gasteiger partial charge < -0.3 is 14.1 Å². The molecule has 0 saturated carbocycles. The van der Waals surface area contributed by atoms with Gasteiger partial charge in [0.15, 0.2) is 0 Å². The predicted molar refractivity (Wildman–Crippen MR) is 94.5 cm³/mol. The Labute approximate surface area is 139 Å². The third kappa shape index (κ3) is 2.74. The fourth-order valence-electron chi connectivity index (χ4n) is 3.70. The molecule has 0 spiro atoms. The first-order chi connectivity index (χ1) is 10.9. The number of benzene rings is 1. The summed E-state index contributed by atoms with van der Waals surface area (Å²) in [7, 11) is 3.95. The zero-order valence-corrected chi connectivity index (χ0v) is 15.2. The quantitative estimate of drug-likeness (QED) is 0.867. The summed E-state index contributed by atoms with van der Waals surface area (Å²) >= 11 is 0. The van der Waals surface area contributed by atoms with Crippen molar-refractivity contribution in [1.29, 1.82) is 0 Å². The van der Waals surface area contributed by atoms with Crippen LogP contribution in [0.3, 0.4) is 0 Å². The number of fused-ring (bicyclic) bond motifs is 1. The van der Waals surface area contributed by atoms with Crippen molar-refractivity contribution >= 4 is 11.0 Å². The summed E-state index contributed by atoms with van der Waals surface area (Å²) in [5.74, 6) is 2.04. The topological polar surface area (TPSA) is 28.9 Å². The van der Waals surface area contributed by atoms with Gasteiger partial charge in [-0.15, -0.1) is 0 Å². The Kier molecular flexibility index (Phi) is 4.39. The van der Waals surface area contributed by atoms with Crippen molar-refractivity contribution in [1.82, 2.24) is 9.80 Å². The van der Waals surface area contributed by atoms with Crippen LogP contribution in [0.2, 0.25) is 0 Å². The van der Waals surface area contributed by atoms with E-state index in [4.69, 9.17) is 9.15 Å². The molecule has 1 aliphatic rings. The molecule has 0 atom stereocenters. The SMILES string of the molecule is COc1c(C)c(C)c2oc(C)c(CN3CCN(C)CC3)c2c1C. The van der Waals surface area contributed by atoms with Crippen molar-refractivity contribution < 1.29 is 9.15 Å². The standard InChI is InChI=1S/C19H28N2O2/c1-12-13(2)19-17(14(3)18(12)22-6)16(15(4)23-19)11-21-9-7-20(5)8-10-21/h7-11H2,1-6H3. The maximum Gasteiger partial charge on any atom is 0.138 e. The van der Waals surface area contributed by atoms with E-state index in [0.717, 1.165) is 49.8 Å². The van der Waals surface area contributed by atoms with Crippen molar-refractivity contribution in [3.63, 3.8) is 0 Å². The van der Waals surface area contributed by atoms with Gasteiger partial charge in [0.2, 0.25) is 0 Å². The van der Waals surface area contributed by atoms with Gasteiger partial charge in [-0.2, -0.15) is 0 Å². The molecule has 2 aromatic rings. The maximum atomic E-state index is 6.16. The minimum Gasteiger partial charge on any atom is -0.496 e. The van der Waals surface area contributed by atoms with Gasteiger partial charge in [0.25, 0.3) is 0 Å². The van der Waals surface area contributed by atoms with Crippen LogP contribution in [0.15, 0.2) is 4.42 Å². The van der Waals surface area contributed by atoms with Gasteiger partial charge in [-0.25, -0.2) is 0 Å². The molecule has 0 unspecified atom stereocenters. The summed E-state index contributed by atoms with van der Waals surface area (Å²) in [4.78, 5) is 4.91. The molecular weight excluding hydrogens is 288 g/mol. The van der Waals surface area contributed by atoms with E-state index in [9.17, 15) is 0 Å². The normalized spacial score (nSPS) is 17.1. The van der Waals surface area contributed by atoms with E-state index < -0.39 is 0 Å². The first kappa shape index (κ1) is 16.3. The third-order valence-electron chi connectivity index (χ3n) is 5.35. The van der Waals surface area contributed by atoms with E-state index in [2.05, 4.69) is 44.5 Å². The molecule has 0 aliphatic carbocycles. The van der Waals surface area contributed by atoms with E-state index in [-0.39, 0.29) is 0 Å². The largest absolute Gasteiger partial charge is 0.496 e. The maximum absolute atomic E-state index is 6.16. The predicted octanol–water partition coefficient (Wildman–Crippen LogP) is 3.42. The minimum atomic E-state index is 0.958. The monoisotopic (exact) mass is 316 g/mol. The van der Waals surface area contributed by atoms with Crippen LogP contribution in [-0.4, -0.2) is 50.1 Å². The molecule has 1 fully saturated rings. The van der Waals surface area contributed by atoms with Gasteiger partial charge >= 0.3 is 0 Å². The zero-order chi connectivity index (χ0) is 16.7. The van der Waals surface area contributed by atoms with E-state index >= 15 is 0 Å². The minimum absolute atomic E-state index is 0.958. The van der Waals surface area contributed by atoms with Gasteiger partial charge in [0.1, 0.15) is 17.1 Å². The number of methoxy groups -OCH3 is 1. The number of hydrogen-bond acceptors (Lipinski definition) is 4. The number of aryl methyl sites for hydroxylation is 3. The van der Waals surface area contributed by atoms with Crippen LogP contribution in [0.4, 0.5) is 0 Å². The fourth-order valence-corrected chi connectivity index (χ4v) is 3.70. The molecule has 0 bridgehead atoms. The number of furan rings is 1. The van der Waals surface area contributed by atoms with Gasteiger partial charge in [-0.05, 0) is 45.9 Å². The van der Waals surface area contributed by atoms with Crippen molar-refractivity contribution in [3.8, 4) is 5.75 Å². The van der Waals surface area contributed by atoms with Gasteiger partial charge in [-0.3, -0.25) is 4.90 Å². The van der Waals surface area contributed by atoms with Crippen LogP contribution in [0.5, 0.6) is 5.75 Å². The van der Waals surface area contributed by atoms with Crippen LogP contribution in [0, 0.1) is 27.7 Å². The lowest BCUT2D eigenvalue weighted by atomic mass is 9.97. The smallest absolute Gasteiger partial charge is 0.138 e. The highest BCUT2D eigenvalue weighted by Crippen LogP contribution is 2.39. The van der Waals surface area contributed by atoms with Crippen molar-refractivity contribution in [3.05, 3.63) is 28.0 Å². The summed E-state index contributed by atoms with van der Waals surface area (Å²) in [6.07, 6.45) is 0. The average Bonchev–Trinajstić information content (AvgIpc) is 2.85. The molecule has 3 rings (SSSR count). The van der Waals surface area contributed by atoms with E-state index in [1.165, 1.54) is 27.6 Å². The molecule has 126 valence electrons. The Morgan fingerprint density at radius 2 is 1.61 bits per heavy atom. The summed E-state index contributed by atoms with van der Waals surface area (Å²) < 4.78 is 11.8. The number of ether oxygens (including phenoxy) is 1. The van der Waals surface area contributed by atoms with Gasteiger partial charge in [-0.1, -0.05) is 0 Å². The Morgan fingerprint density at radius 1 is 0.957 bits per heavy atom. The lowest BCUT2D eigenvalue weighted by Gasteiger charge is -2.32. The highest BCUT2D eigenvalue weighted by molar-refractivity contribution is 5.91. The summed E-state index contributed by atoms with van der Waals surface area (Å²) in [5, 5.41) is 1.25. The molecular formula is C19H28N2O2. The average molecular weight is 316 g/mol. The molecule has 4 heteroatoms. The summed E-state index contributed by atoms with van der Waals surface area (Å²) in [5.41, 5.74) is 5.92. The van der Waals surface area contributed by atoms with Gasteiger partial charge in [0.05, 0.1) is 7.11 Å². The van der Waals surface area contributed by atoms with E-state index in [0.29, 0.717) is 0 Å². The molecule has 0 N–H and O–H groups in total. The lowest BCUT2D eigenvalue weighted by molar-refractivity contribution is 0.148. The second-order valence-electron chi connectivity index (χ2n) is 6.83. The molecule has 23 heavy (non-hydrogen) atoms. The Bertz CT molecular complexity index is 725. The van der Waals surface area contributed by atoms with Crippen LogP contribution in [0.25, 0.3) is 11.0 Å². The molecule has 1 saturated heterocycles. The zero-order valence-electron chi connectivity index (χ0n) is 15.2. The second kappa shape index (κ2) is 6.17. The number of piperazine rings is 1. The fraction of sp³-hybridized carbons (Fsp3) is 0.579. The molecule has 0 radical (unpaired) electrons. The molecule has 4 nitrogen and oxygen atoms in total. The molecule has 1 aromatic carbocycles. The highest BCUT2D eigenvalue weighted by Gasteiger charge is 2.23. The third-order valence-corrected chi connectivity index (χ3v) is 5.35. The van der Waals surface area contributed by atoms with E-state index in [1.807, 2.05) is 0 Å². The first-order valence-corrected chi connectivity index (χ1v) is 8.40. The van der Waals surface area contributed by atoms with Crippen LogP contribution < -0.4 is 4.74 Å². The molecule has 2 heterocycles. The highest BCUT2D eigenvalue weighted by atomic mass is 16.5. The molecule has 1 aromatic heterocycles. The van der Waals surface area contributed by atoms with E-state index in [1.54, 1.807) is 7.11 Å². The Balaban J connectivity index is 2.07. The Hall–Kier alpha value is -1.52. The first-order valence-electron chi connectivity index (χ1n) is 8.40. The molecule has 1 aliphatic heterocycles. The number of nitrogens with zero attached hydrogens (tertiary/aromatic N) is 2. The van der Waals surface area contributed by atoms with Crippen molar-refractivity contribution in [2.45, 2.75) is 34.2 Å². The molecule has 0 amide bonds. The van der Waals surface area contributed by atoms with Crippen LogP contribution in [-0.2, 0) is 6.54 Å². The number of hydrogen-bond donors (Lipinski definition) is 0. The second-order valence-corrected chi connectivity index (χ2v) is 6.83. The summed E-state index contributed by atoms with van der Waals surface area (Å²) in [6.45, 7) is 13.9. The van der Waals surface area contributed by atoms with Gasteiger partial charge in [0, 0.05) is 49.2 Å². The van der Waals surface area contributed by atoms with Crippen molar-refractivity contribution in [2.75, 3.05) is 40.3 Å². The van der Waals surface area contributed by atoms with Crippen LogP contribution >= 0.6 is 0 Å². The lowest BCUT2D eigenvalue weighted by Crippen LogP contribution is -2.43.